The van der Waals surface area contributed by atoms with E-state index in [9.17, 15) is 9.59 Å². The lowest BCUT2D eigenvalue weighted by atomic mass is 9.98. The molecule has 2 heterocycles. The molecule has 5 nitrogen and oxygen atoms in total. The number of thiophene rings is 1. The first-order chi connectivity index (χ1) is 13.8. The molecular weight excluding hydrogens is 402 g/mol. The van der Waals surface area contributed by atoms with Crippen LogP contribution in [0.15, 0.2) is 40.3 Å². The number of likely N-dealkylation sites (N-methyl/N-ethyl adjacent to an activating group) is 1. The van der Waals surface area contributed by atoms with Crippen LogP contribution in [0.4, 0.5) is 0 Å². The molecule has 0 aliphatic carbocycles. The van der Waals surface area contributed by atoms with Crippen LogP contribution < -0.4 is 5.56 Å². The van der Waals surface area contributed by atoms with Gasteiger partial charge in [0.15, 0.2) is 5.16 Å². The fourth-order valence-electron chi connectivity index (χ4n) is 3.18. The van der Waals surface area contributed by atoms with Crippen LogP contribution in [0.3, 0.4) is 0 Å². The lowest BCUT2D eigenvalue weighted by Crippen LogP contribution is -2.27. The molecular formula is C22H27N3O2S2. The van der Waals surface area contributed by atoms with Gasteiger partial charge in [0, 0.05) is 19.0 Å². The maximum absolute atomic E-state index is 12.9. The maximum Gasteiger partial charge on any atom is 0.260 e. The third-order valence-electron chi connectivity index (χ3n) is 5.09. The molecule has 0 aliphatic heterocycles. The zero-order valence-electron chi connectivity index (χ0n) is 17.5. The topological polar surface area (TPSA) is 66.1 Å². The maximum atomic E-state index is 12.9. The van der Waals surface area contributed by atoms with E-state index in [4.69, 9.17) is 4.98 Å². The van der Waals surface area contributed by atoms with Crippen molar-refractivity contribution in [2.75, 3.05) is 14.1 Å². The second kappa shape index (κ2) is 9.13. The van der Waals surface area contributed by atoms with E-state index in [1.54, 1.807) is 30.3 Å². The highest BCUT2D eigenvalue weighted by molar-refractivity contribution is 8.00. The zero-order chi connectivity index (χ0) is 21.1. The first kappa shape index (κ1) is 21.6. The number of aromatic nitrogens is 2. The Morgan fingerprint density at radius 3 is 2.59 bits per heavy atom. The predicted octanol–water partition coefficient (Wildman–Crippen LogP) is 4.80. The molecule has 0 radical (unpaired) electrons. The molecule has 2 atom stereocenters. The van der Waals surface area contributed by atoms with Crippen molar-refractivity contribution in [3.8, 4) is 0 Å². The van der Waals surface area contributed by atoms with E-state index in [0.29, 0.717) is 16.5 Å². The van der Waals surface area contributed by atoms with E-state index in [1.807, 2.05) is 30.3 Å². The Labute approximate surface area is 179 Å². The number of benzene rings is 1. The van der Waals surface area contributed by atoms with Crippen LogP contribution in [0.2, 0.25) is 0 Å². The smallest absolute Gasteiger partial charge is 0.260 e. The van der Waals surface area contributed by atoms with Crippen LogP contribution in [0.5, 0.6) is 0 Å². The summed E-state index contributed by atoms with van der Waals surface area (Å²) in [5.41, 5.74) is 1.87. The summed E-state index contributed by atoms with van der Waals surface area (Å²) in [4.78, 5) is 36.8. The molecule has 1 N–H and O–H groups in total. The minimum atomic E-state index is -0.465. The summed E-state index contributed by atoms with van der Waals surface area (Å²) in [5.74, 6) is 0.476. The number of aryl methyl sites for hydroxylation is 1. The van der Waals surface area contributed by atoms with Crippen LogP contribution in [-0.2, 0) is 11.2 Å². The number of aromatic amines is 1. The molecule has 2 aromatic heterocycles. The number of fused-ring (bicyclic) bond motifs is 1. The van der Waals surface area contributed by atoms with Crippen LogP contribution in [0.1, 0.15) is 41.5 Å². The van der Waals surface area contributed by atoms with Gasteiger partial charge in [-0.2, -0.15) is 0 Å². The van der Waals surface area contributed by atoms with Crippen molar-refractivity contribution in [3.05, 3.63) is 56.7 Å². The minimum Gasteiger partial charge on any atom is -0.348 e. The minimum absolute atomic E-state index is 0.0382. The van der Waals surface area contributed by atoms with Gasteiger partial charge in [-0.3, -0.25) is 9.59 Å². The number of carbonyl (C=O) groups excluding carboxylic acids is 1. The average Bonchev–Trinajstić information content (AvgIpc) is 3.01. The molecule has 0 spiro atoms. The molecule has 1 amide bonds. The van der Waals surface area contributed by atoms with Crippen LogP contribution in [0, 0.1) is 12.8 Å². The Morgan fingerprint density at radius 1 is 1.28 bits per heavy atom. The molecule has 0 bridgehead atoms. The summed E-state index contributed by atoms with van der Waals surface area (Å²) in [6.45, 7) is 6.42. The zero-order valence-corrected chi connectivity index (χ0v) is 19.1. The molecule has 0 fully saturated rings. The van der Waals surface area contributed by atoms with Crippen molar-refractivity contribution >= 4 is 39.2 Å². The molecule has 7 heteroatoms. The highest BCUT2D eigenvalue weighted by Crippen LogP contribution is 2.36. The molecule has 0 saturated heterocycles. The number of rotatable bonds is 7. The Kier molecular flexibility index (Phi) is 6.80. The standard InChI is InChI=1S/C22H27N3O2S2/c1-6-13(2)12-16-14(3)28-20-17(16)19(26)23-22(24-20)29-18(21(27)25(4)5)15-10-8-7-9-11-15/h7-11,13,18H,6,12H2,1-5H3,(H,23,24,26)/t13-,18-/m1/s1. The van der Waals surface area contributed by atoms with Crippen molar-refractivity contribution in [3.63, 3.8) is 0 Å². The lowest BCUT2D eigenvalue weighted by molar-refractivity contribution is -0.128. The summed E-state index contributed by atoms with van der Waals surface area (Å²) in [5, 5.41) is 0.711. The van der Waals surface area contributed by atoms with Gasteiger partial charge in [0.25, 0.3) is 5.56 Å². The highest BCUT2D eigenvalue weighted by Gasteiger charge is 2.25. The van der Waals surface area contributed by atoms with Crippen LogP contribution >= 0.6 is 23.1 Å². The second-order valence-electron chi connectivity index (χ2n) is 7.55. The predicted molar refractivity (Wildman–Crippen MR) is 122 cm³/mol. The number of H-pyrrole nitrogens is 1. The largest absolute Gasteiger partial charge is 0.348 e. The van der Waals surface area contributed by atoms with E-state index in [0.717, 1.165) is 33.7 Å². The van der Waals surface area contributed by atoms with Crippen molar-refractivity contribution in [2.24, 2.45) is 5.92 Å². The second-order valence-corrected chi connectivity index (χ2v) is 9.84. The number of carbonyl (C=O) groups is 1. The molecule has 1 aromatic carbocycles. The van der Waals surface area contributed by atoms with Gasteiger partial charge in [-0.1, -0.05) is 62.4 Å². The van der Waals surface area contributed by atoms with E-state index in [1.165, 1.54) is 11.8 Å². The van der Waals surface area contributed by atoms with Crippen molar-refractivity contribution in [1.82, 2.24) is 14.9 Å². The summed E-state index contributed by atoms with van der Waals surface area (Å²) < 4.78 is 0. The van der Waals surface area contributed by atoms with E-state index < -0.39 is 5.25 Å². The van der Waals surface area contributed by atoms with E-state index in [2.05, 4.69) is 25.8 Å². The first-order valence-electron chi connectivity index (χ1n) is 9.76. The quantitative estimate of drug-likeness (QED) is 0.433. The van der Waals surface area contributed by atoms with Crippen LogP contribution in [0.25, 0.3) is 10.2 Å². The molecule has 0 unspecified atom stereocenters. The summed E-state index contributed by atoms with van der Waals surface area (Å²) >= 11 is 2.85. The highest BCUT2D eigenvalue weighted by atomic mass is 32.2. The Balaban J connectivity index is 2.01. The Bertz CT molecular complexity index is 1060. The van der Waals surface area contributed by atoms with Crippen molar-refractivity contribution in [1.29, 1.82) is 0 Å². The van der Waals surface area contributed by atoms with Gasteiger partial charge in [0.05, 0.1) is 5.39 Å². The number of amides is 1. The van der Waals surface area contributed by atoms with Gasteiger partial charge >= 0.3 is 0 Å². The molecule has 29 heavy (non-hydrogen) atoms. The SMILES string of the molecule is CC[C@@H](C)Cc1c(C)sc2nc(S[C@@H](C(=O)N(C)C)c3ccccc3)[nH]c(=O)c12. The molecule has 154 valence electrons. The number of hydrogen-bond donors (Lipinski definition) is 1. The molecule has 3 aromatic rings. The van der Waals surface area contributed by atoms with Gasteiger partial charge in [0.1, 0.15) is 10.1 Å². The van der Waals surface area contributed by atoms with Gasteiger partial charge in [-0.25, -0.2) is 4.98 Å². The normalized spacial score (nSPS) is 13.4. The Hall–Kier alpha value is -2.12. The summed E-state index contributed by atoms with van der Waals surface area (Å²) in [6.07, 6.45) is 1.95. The third kappa shape index (κ3) is 4.73. The van der Waals surface area contributed by atoms with Crippen molar-refractivity contribution in [2.45, 2.75) is 44.0 Å². The molecule has 0 aliphatic rings. The lowest BCUT2D eigenvalue weighted by Gasteiger charge is -2.20. The number of nitrogens with zero attached hydrogens (tertiary/aromatic N) is 2. The Morgan fingerprint density at radius 2 is 1.97 bits per heavy atom. The summed E-state index contributed by atoms with van der Waals surface area (Å²) in [7, 11) is 3.48. The van der Waals surface area contributed by atoms with Gasteiger partial charge in [0.2, 0.25) is 5.91 Å². The average molecular weight is 430 g/mol. The first-order valence-corrected chi connectivity index (χ1v) is 11.5. The van der Waals surface area contributed by atoms with Gasteiger partial charge in [-0.15, -0.1) is 11.3 Å². The van der Waals surface area contributed by atoms with Crippen molar-refractivity contribution < 1.29 is 4.79 Å². The van der Waals surface area contributed by atoms with Gasteiger partial charge in [-0.05, 0) is 30.4 Å². The third-order valence-corrected chi connectivity index (χ3v) is 7.25. The number of hydrogen-bond acceptors (Lipinski definition) is 5. The fraction of sp³-hybridized carbons (Fsp3) is 0.409. The monoisotopic (exact) mass is 429 g/mol. The number of nitrogens with one attached hydrogen (secondary N) is 1. The fourth-order valence-corrected chi connectivity index (χ4v) is 5.42. The van der Waals surface area contributed by atoms with E-state index >= 15 is 0 Å². The van der Waals surface area contributed by atoms with E-state index in [-0.39, 0.29) is 11.5 Å². The molecule has 0 saturated carbocycles. The van der Waals surface area contributed by atoms with Gasteiger partial charge < -0.3 is 9.88 Å². The van der Waals surface area contributed by atoms with Crippen LogP contribution in [-0.4, -0.2) is 34.9 Å². The summed E-state index contributed by atoms with van der Waals surface area (Å²) in [6, 6.07) is 9.60. The molecule has 3 rings (SSSR count). The number of thioether (sulfide) groups is 1.